The molecule has 1 saturated heterocycles. The van der Waals surface area contributed by atoms with Gasteiger partial charge in [0.1, 0.15) is 5.75 Å². The molecule has 0 aromatic heterocycles. The Morgan fingerprint density at radius 3 is 2.09 bits per heavy atom. The van der Waals surface area contributed by atoms with E-state index in [4.69, 9.17) is 4.74 Å². The third-order valence-electron chi connectivity index (χ3n) is 5.92. The number of ether oxygens (including phenoxy) is 1. The van der Waals surface area contributed by atoms with Crippen molar-refractivity contribution in [2.45, 2.75) is 51.9 Å². The summed E-state index contributed by atoms with van der Waals surface area (Å²) >= 11 is 0. The van der Waals surface area contributed by atoms with Crippen LogP contribution in [0.25, 0.3) is 0 Å². The van der Waals surface area contributed by atoms with Gasteiger partial charge in [-0.15, -0.1) is 0 Å². The van der Waals surface area contributed by atoms with Crippen LogP contribution in [0.15, 0.2) is 54.6 Å². The maximum Gasteiger partial charge on any atom is 0.227 e. The molecule has 0 atom stereocenters. The molecule has 0 bridgehead atoms. The van der Waals surface area contributed by atoms with Gasteiger partial charge in [-0.25, -0.2) is 0 Å². The average Bonchev–Trinajstić information content (AvgIpc) is 3.03. The third kappa shape index (κ3) is 7.11. The number of benzene rings is 2. The fourth-order valence-electron chi connectivity index (χ4n) is 3.92. The zero-order valence-electron chi connectivity index (χ0n) is 19.7. The Morgan fingerprint density at radius 2 is 1.47 bits per heavy atom. The van der Waals surface area contributed by atoms with Crippen LogP contribution in [0.4, 0.5) is 0 Å². The summed E-state index contributed by atoms with van der Waals surface area (Å²) in [5, 5.41) is 0. The molecule has 32 heavy (non-hydrogen) atoms. The van der Waals surface area contributed by atoms with Crippen LogP contribution >= 0.6 is 0 Å². The van der Waals surface area contributed by atoms with Crippen LogP contribution in [-0.4, -0.2) is 54.4 Å². The van der Waals surface area contributed by atoms with Gasteiger partial charge in [-0.05, 0) is 41.5 Å². The molecule has 2 aromatic rings. The van der Waals surface area contributed by atoms with Crippen molar-refractivity contribution in [3.05, 3.63) is 65.7 Å². The van der Waals surface area contributed by atoms with E-state index in [2.05, 4.69) is 32.9 Å². The van der Waals surface area contributed by atoms with Crippen LogP contribution in [0, 0.1) is 0 Å². The van der Waals surface area contributed by atoms with E-state index >= 15 is 0 Å². The van der Waals surface area contributed by atoms with E-state index in [0.29, 0.717) is 52.0 Å². The van der Waals surface area contributed by atoms with Gasteiger partial charge in [0.15, 0.2) is 0 Å². The second-order valence-corrected chi connectivity index (χ2v) is 9.50. The summed E-state index contributed by atoms with van der Waals surface area (Å²) in [5.41, 5.74) is 2.43. The molecule has 2 amide bonds. The Kier molecular flexibility index (Phi) is 8.32. The highest BCUT2D eigenvalue weighted by Crippen LogP contribution is 2.24. The van der Waals surface area contributed by atoms with E-state index in [0.717, 1.165) is 17.7 Å². The Hall–Kier alpha value is -2.82. The highest BCUT2D eigenvalue weighted by atomic mass is 16.5. The molecular weight excluding hydrogens is 400 g/mol. The molecule has 1 aliphatic rings. The Morgan fingerprint density at radius 1 is 0.844 bits per heavy atom. The molecule has 5 heteroatoms. The van der Waals surface area contributed by atoms with Crippen molar-refractivity contribution < 1.29 is 14.3 Å². The number of hydrogen-bond acceptors (Lipinski definition) is 3. The molecule has 0 spiro atoms. The second kappa shape index (κ2) is 11.2. The molecule has 0 N–H and O–H groups in total. The van der Waals surface area contributed by atoms with Gasteiger partial charge in [-0.1, -0.05) is 63.2 Å². The van der Waals surface area contributed by atoms with Crippen molar-refractivity contribution >= 4 is 11.8 Å². The van der Waals surface area contributed by atoms with Crippen molar-refractivity contribution in [2.75, 3.05) is 32.8 Å². The Bertz CT molecular complexity index is 872. The SMILES string of the molecule is CC(C)(C)c1ccc(OCCCC(=O)N2CCCN(C(=O)Cc3ccccc3)CC2)cc1. The van der Waals surface area contributed by atoms with Gasteiger partial charge in [-0.3, -0.25) is 9.59 Å². The van der Waals surface area contributed by atoms with Crippen LogP contribution in [0.2, 0.25) is 0 Å². The first kappa shape index (κ1) is 23.8. The normalized spacial score (nSPS) is 14.7. The Labute approximate surface area is 192 Å². The lowest BCUT2D eigenvalue weighted by Crippen LogP contribution is -2.38. The molecule has 1 fully saturated rings. The van der Waals surface area contributed by atoms with Gasteiger partial charge in [0.2, 0.25) is 11.8 Å². The van der Waals surface area contributed by atoms with Gasteiger partial charge >= 0.3 is 0 Å². The number of carbonyl (C=O) groups excluding carboxylic acids is 2. The smallest absolute Gasteiger partial charge is 0.227 e. The first-order valence-electron chi connectivity index (χ1n) is 11.7. The number of nitrogens with zero attached hydrogens (tertiary/aromatic N) is 2. The van der Waals surface area contributed by atoms with Gasteiger partial charge in [0.25, 0.3) is 0 Å². The van der Waals surface area contributed by atoms with Crippen LogP contribution in [0.5, 0.6) is 5.75 Å². The van der Waals surface area contributed by atoms with E-state index in [1.807, 2.05) is 52.3 Å². The van der Waals surface area contributed by atoms with E-state index in [1.165, 1.54) is 5.56 Å². The lowest BCUT2D eigenvalue weighted by molar-refractivity contribution is -0.133. The predicted molar refractivity (Wildman–Crippen MR) is 128 cm³/mol. The second-order valence-electron chi connectivity index (χ2n) is 9.50. The summed E-state index contributed by atoms with van der Waals surface area (Å²) in [7, 11) is 0. The summed E-state index contributed by atoms with van der Waals surface area (Å²) in [6.07, 6.45) is 2.40. The summed E-state index contributed by atoms with van der Waals surface area (Å²) < 4.78 is 5.82. The van der Waals surface area contributed by atoms with Crippen LogP contribution in [-0.2, 0) is 21.4 Å². The van der Waals surface area contributed by atoms with E-state index in [-0.39, 0.29) is 17.2 Å². The van der Waals surface area contributed by atoms with E-state index in [9.17, 15) is 9.59 Å². The molecule has 0 radical (unpaired) electrons. The van der Waals surface area contributed by atoms with Gasteiger partial charge in [-0.2, -0.15) is 0 Å². The fraction of sp³-hybridized carbons (Fsp3) is 0.481. The number of amides is 2. The van der Waals surface area contributed by atoms with Crippen molar-refractivity contribution in [1.82, 2.24) is 9.80 Å². The van der Waals surface area contributed by atoms with Crippen molar-refractivity contribution in [1.29, 1.82) is 0 Å². The highest BCUT2D eigenvalue weighted by molar-refractivity contribution is 5.79. The van der Waals surface area contributed by atoms with E-state index in [1.54, 1.807) is 0 Å². The number of rotatable bonds is 7. The molecule has 2 aromatic carbocycles. The van der Waals surface area contributed by atoms with Gasteiger partial charge in [0.05, 0.1) is 13.0 Å². The topological polar surface area (TPSA) is 49.9 Å². The summed E-state index contributed by atoms with van der Waals surface area (Å²) in [6, 6.07) is 18.0. The molecule has 0 unspecified atom stereocenters. The highest BCUT2D eigenvalue weighted by Gasteiger charge is 2.22. The average molecular weight is 437 g/mol. The first-order valence-corrected chi connectivity index (χ1v) is 11.7. The minimum Gasteiger partial charge on any atom is -0.494 e. The minimum atomic E-state index is 0.125. The fourth-order valence-corrected chi connectivity index (χ4v) is 3.92. The monoisotopic (exact) mass is 436 g/mol. The predicted octanol–water partition coefficient (Wildman–Crippen LogP) is 4.45. The first-order chi connectivity index (χ1) is 15.3. The molecule has 3 rings (SSSR count). The van der Waals surface area contributed by atoms with Gasteiger partial charge < -0.3 is 14.5 Å². The van der Waals surface area contributed by atoms with Crippen molar-refractivity contribution in [3.63, 3.8) is 0 Å². The Balaban J connectivity index is 1.38. The minimum absolute atomic E-state index is 0.125. The number of carbonyl (C=O) groups is 2. The zero-order chi connectivity index (χ0) is 23.0. The largest absolute Gasteiger partial charge is 0.494 e. The molecular formula is C27H36N2O3. The molecule has 1 aliphatic heterocycles. The van der Waals surface area contributed by atoms with Crippen LogP contribution in [0.1, 0.15) is 51.2 Å². The van der Waals surface area contributed by atoms with Gasteiger partial charge in [0, 0.05) is 32.6 Å². The third-order valence-corrected chi connectivity index (χ3v) is 5.92. The summed E-state index contributed by atoms with van der Waals surface area (Å²) in [4.78, 5) is 29.1. The maximum atomic E-state index is 12.7. The van der Waals surface area contributed by atoms with Crippen molar-refractivity contribution in [2.24, 2.45) is 0 Å². The summed E-state index contributed by atoms with van der Waals surface area (Å²) in [5.74, 6) is 1.12. The standard InChI is InChI=1S/C27H36N2O3/c1-27(2,3)23-12-14-24(15-13-23)32-20-7-11-25(30)28-16-8-17-29(19-18-28)26(31)21-22-9-5-4-6-10-22/h4-6,9-10,12-15H,7-8,11,16-21H2,1-3H3. The van der Waals surface area contributed by atoms with E-state index < -0.39 is 0 Å². The molecule has 1 heterocycles. The molecule has 0 saturated carbocycles. The molecule has 0 aliphatic carbocycles. The zero-order valence-corrected chi connectivity index (χ0v) is 19.7. The van der Waals surface area contributed by atoms with Crippen LogP contribution in [0.3, 0.4) is 0 Å². The summed E-state index contributed by atoms with van der Waals surface area (Å²) in [6.45, 7) is 9.73. The lowest BCUT2D eigenvalue weighted by atomic mass is 9.87. The van der Waals surface area contributed by atoms with Crippen LogP contribution < -0.4 is 4.74 Å². The number of hydrogen-bond donors (Lipinski definition) is 0. The molecule has 172 valence electrons. The maximum absolute atomic E-state index is 12.7. The lowest BCUT2D eigenvalue weighted by Gasteiger charge is -2.22. The quantitative estimate of drug-likeness (QED) is 0.603. The van der Waals surface area contributed by atoms with Crippen molar-refractivity contribution in [3.8, 4) is 5.75 Å². The molecule has 5 nitrogen and oxygen atoms in total.